The first-order chi connectivity index (χ1) is 20.4. The second kappa shape index (κ2) is 13.0. The van der Waals surface area contributed by atoms with Gasteiger partial charge in [0.2, 0.25) is 5.95 Å². The van der Waals surface area contributed by atoms with Crippen LogP contribution in [0.3, 0.4) is 0 Å². The van der Waals surface area contributed by atoms with E-state index in [-0.39, 0.29) is 17.4 Å². The zero-order valence-corrected chi connectivity index (χ0v) is 24.4. The number of nitrogens with zero attached hydrogens (tertiary/aromatic N) is 4. The number of anilines is 5. The van der Waals surface area contributed by atoms with Crippen molar-refractivity contribution in [3.05, 3.63) is 78.5 Å². The monoisotopic (exact) mass is 568 g/mol. The second-order valence-corrected chi connectivity index (χ2v) is 11.2. The van der Waals surface area contributed by atoms with Crippen LogP contribution in [0.25, 0.3) is 0 Å². The van der Waals surface area contributed by atoms with Gasteiger partial charge in [0.1, 0.15) is 11.4 Å². The van der Waals surface area contributed by atoms with Crippen LogP contribution in [0.2, 0.25) is 0 Å². The summed E-state index contributed by atoms with van der Waals surface area (Å²) in [5.74, 6) is 0.118. The number of benzene rings is 2. The van der Waals surface area contributed by atoms with Gasteiger partial charge in [-0.1, -0.05) is 12.1 Å². The van der Waals surface area contributed by atoms with Gasteiger partial charge >= 0.3 is 0 Å². The molecular weight excluding hydrogens is 528 g/mol. The van der Waals surface area contributed by atoms with Crippen molar-refractivity contribution in [1.29, 1.82) is 0 Å². The smallest absolute Gasteiger partial charge is 0.256 e. The van der Waals surface area contributed by atoms with Crippen molar-refractivity contribution in [2.75, 3.05) is 62.4 Å². The summed E-state index contributed by atoms with van der Waals surface area (Å²) in [6.45, 7) is 8.57. The van der Waals surface area contributed by atoms with E-state index < -0.39 is 0 Å². The van der Waals surface area contributed by atoms with Gasteiger partial charge in [0, 0.05) is 55.5 Å². The third-order valence-corrected chi connectivity index (χ3v) is 8.42. The number of piperidine rings is 2. The molecule has 3 aromatic rings. The minimum Gasteiger partial charge on any atom is -0.371 e. The molecule has 42 heavy (non-hydrogen) atoms. The van der Waals surface area contributed by atoms with E-state index in [4.69, 9.17) is 0 Å². The van der Waals surface area contributed by atoms with E-state index in [0.717, 1.165) is 18.8 Å². The fourth-order valence-electron chi connectivity index (χ4n) is 5.70. The molecule has 2 fully saturated rings. The summed E-state index contributed by atoms with van der Waals surface area (Å²) < 4.78 is 0. The number of carbonyl (C=O) groups is 2. The highest BCUT2D eigenvalue weighted by Gasteiger charge is 2.36. The molecule has 1 aromatic heterocycles. The molecule has 220 valence electrons. The van der Waals surface area contributed by atoms with Crippen molar-refractivity contribution in [3.63, 3.8) is 0 Å². The molecule has 2 aliphatic rings. The summed E-state index contributed by atoms with van der Waals surface area (Å²) in [6, 6.07) is 15.3. The Hall–Kier alpha value is -4.44. The van der Waals surface area contributed by atoms with Gasteiger partial charge in [-0.05, 0) is 93.7 Å². The number of hydrogen-bond donors (Lipinski definition) is 4. The van der Waals surface area contributed by atoms with Gasteiger partial charge in [-0.2, -0.15) is 4.98 Å². The largest absolute Gasteiger partial charge is 0.371 e. The predicted octanol–water partition coefficient (Wildman–Crippen LogP) is 4.55. The maximum absolute atomic E-state index is 12.8. The van der Waals surface area contributed by atoms with Crippen LogP contribution < -0.4 is 26.2 Å². The molecule has 2 amide bonds. The van der Waals surface area contributed by atoms with Crippen molar-refractivity contribution in [2.45, 2.75) is 25.7 Å². The van der Waals surface area contributed by atoms with Gasteiger partial charge in [0.25, 0.3) is 11.8 Å². The van der Waals surface area contributed by atoms with Crippen LogP contribution in [0.1, 0.15) is 46.4 Å². The average molecular weight is 569 g/mol. The Kier molecular flexibility index (Phi) is 9.02. The Morgan fingerprint density at radius 2 is 1.67 bits per heavy atom. The van der Waals surface area contributed by atoms with Crippen LogP contribution in [-0.2, 0) is 0 Å². The Labute approximate surface area is 247 Å². The second-order valence-electron chi connectivity index (χ2n) is 11.2. The van der Waals surface area contributed by atoms with E-state index in [1.807, 2.05) is 12.1 Å². The van der Waals surface area contributed by atoms with Crippen LogP contribution in [0.5, 0.6) is 0 Å². The maximum atomic E-state index is 12.8. The molecule has 1 spiro atoms. The summed E-state index contributed by atoms with van der Waals surface area (Å²) in [5.41, 5.74) is 3.96. The molecule has 0 saturated carbocycles. The van der Waals surface area contributed by atoms with Crippen molar-refractivity contribution in [3.8, 4) is 0 Å². The fourth-order valence-corrected chi connectivity index (χ4v) is 5.70. The van der Waals surface area contributed by atoms with Crippen molar-refractivity contribution in [2.24, 2.45) is 5.41 Å². The van der Waals surface area contributed by atoms with E-state index in [1.165, 1.54) is 50.7 Å². The van der Waals surface area contributed by atoms with Crippen LogP contribution in [0.15, 0.2) is 67.4 Å². The quantitative estimate of drug-likeness (QED) is 0.278. The molecule has 0 aliphatic carbocycles. The number of likely N-dealkylation sites (tertiary alicyclic amines) is 1. The summed E-state index contributed by atoms with van der Waals surface area (Å²) in [6.07, 6.45) is 8.22. The lowest BCUT2D eigenvalue weighted by molar-refractivity contribution is 0.0944. The normalized spacial score (nSPS) is 16.5. The minimum atomic E-state index is -0.334. The number of amides is 2. The summed E-state index contributed by atoms with van der Waals surface area (Å²) >= 11 is 0. The van der Waals surface area contributed by atoms with Gasteiger partial charge in [0.05, 0.1) is 0 Å². The highest BCUT2D eigenvalue weighted by atomic mass is 16.2. The summed E-state index contributed by atoms with van der Waals surface area (Å²) in [5, 5.41) is 11.8. The molecule has 0 atom stereocenters. The van der Waals surface area contributed by atoms with E-state index >= 15 is 0 Å². The van der Waals surface area contributed by atoms with E-state index in [0.29, 0.717) is 35.0 Å². The number of hydrogen-bond acceptors (Lipinski definition) is 8. The lowest BCUT2D eigenvalue weighted by Gasteiger charge is -2.46. The van der Waals surface area contributed by atoms with E-state index in [1.54, 1.807) is 37.4 Å². The van der Waals surface area contributed by atoms with Crippen LogP contribution in [0.4, 0.5) is 28.8 Å². The number of nitrogens with one attached hydrogen (secondary N) is 4. The van der Waals surface area contributed by atoms with Crippen molar-refractivity contribution >= 4 is 40.6 Å². The van der Waals surface area contributed by atoms with Gasteiger partial charge in [-0.15, -0.1) is 6.58 Å². The Bertz CT molecular complexity index is 1410. The lowest BCUT2D eigenvalue weighted by Crippen LogP contribution is -2.46. The van der Waals surface area contributed by atoms with Gasteiger partial charge in [-0.25, -0.2) is 4.98 Å². The first-order valence-corrected chi connectivity index (χ1v) is 14.5. The van der Waals surface area contributed by atoms with E-state index in [9.17, 15) is 9.59 Å². The molecule has 5 rings (SSSR count). The maximum Gasteiger partial charge on any atom is 0.256 e. The molecule has 0 radical (unpaired) electrons. The van der Waals surface area contributed by atoms with Crippen molar-refractivity contribution < 1.29 is 9.59 Å². The predicted molar refractivity (Wildman–Crippen MR) is 168 cm³/mol. The molecule has 0 bridgehead atoms. The molecule has 10 heteroatoms. The summed E-state index contributed by atoms with van der Waals surface area (Å²) in [4.78, 5) is 38.9. The molecule has 2 aliphatic heterocycles. The Balaban J connectivity index is 1.29. The highest BCUT2D eigenvalue weighted by Crippen LogP contribution is 2.42. The van der Waals surface area contributed by atoms with E-state index in [2.05, 4.69) is 66.8 Å². The Morgan fingerprint density at radius 3 is 2.36 bits per heavy atom. The molecule has 10 nitrogen and oxygen atoms in total. The number of carbonyl (C=O) groups excluding carboxylic acids is 2. The molecular formula is C32H40N8O2. The standard InChI is InChI=1S/C32H40N8O2/c1-4-16-34-30(42)27-22-35-31(38-28(27)36-25-7-5-6-23(21-25)29(41)33-2)37-24-8-10-26(11-9-24)40-19-14-32(15-20-40)12-17-39(3)18-13-32/h4-11,21-22H,1,12-20H2,2-3H3,(H,33,41)(H,34,42)(H2,35,36,37,38). The molecule has 2 saturated heterocycles. The third kappa shape index (κ3) is 6.88. The first-order valence-electron chi connectivity index (χ1n) is 14.5. The summed E-state index contributed by atoms with van der Waals surface area (Å²) in [7, 11) is 3.81. The SMILES string of the molecule is C=CCNC(=O)c1cnc(Nc2ccc(N3CCC4(CCN(C)CC4)CC3)cc2)nc1Nc1cccc(C(=O)NC)c1. The fraction of sp³-hybridized carbons (Fsp3) is 0.375. The Morgan fingerprint density at radius 1 is 0.952 bits per heavy atom. The average Bonchev–Trinajstić information content (AvgIpc) is 3.02. The van der Waals surface area contributed by atoms with Crippen molar-refractivity contribution in [1.82, 2.24) is 25.5 Å². The van der Waals surface area contributed by atoms with Crippen LogP contribution >= 0.6 is 0 Å². The molecule has 2 aromatic carbocycles. The van der Waals surface area contributed by atoms with Gasteiger partial charge in [0.15, 0.2) is 0 Å². The molecule has 4 N–H and O–H groups in total. The van der Waals surface area contributed by atoms with Gasteiger partial charge < -0.3 is 31.1 Å². The third-order valence-electron chi connectivity index (χ3n) is 8.42. The van der Waals surface area contributed by atoms with Gasteiger partial charge in [-0.3, -0.25) is 9.59 Å². The minimum absolute atomic E-state index is 0.207. The molecule has 3 heterocycles. The van der Waals surface area contributed by atoms with Crippen LogP contribution in [-0.4, -0.2) is 73.5 Å². The zero-order valence-electron chi connectivity index (χ0n) is 24.4. The first kappa shape index (κ1) is 29.1. The number of rotatable bonds is 9. The zero-order chi connectivity index (χ0) is 29.5. The molecule has 0 unspecified atom stereocenters. The van der Waals surface area contributed by atoms with Crippen LogP contribution in [0, 0.1) is 5.41 Å². The number of aromatic nitrogens is 2. The topological polar surface area (TPSA) is 115 Å². The highest BCUT2D eigenvalue weighted by molar-refractivity contribution is 6.00. The lowest BCUT2D eigenvalue weighted by atomic mass is 9.71.